The van der Waals surface area contributed by atoms with Crippen LogP contribution in [-0.2, 0) is 13.1 Å². The molecular weight excluding hydrogens is 233 g/mol. The largest absolute Gasteiger partial charge is 0.494 e. The van der Waals surface area contributed by atoms with Crippen molar-refractivity contribution in [1.82, 2.24) is 14.9 Å². The van der Waals surface area contributed by atoms with Crippen molar-refractivity contribution in [3.8, 4) is 5.75 Å². The third-order valence-electron chi connectivity index (χ3n) is 2.63. The molecule has 0 aliphatic rings. The van der Waals surface area contributed by atoms with Crippen molar-refractivity contribution in [2.45, 2.75) is 13.1 Å². The van der Waals surface area contributed by atoms with Crippen molar-refractivity contribution in [2.24, 2.45) is 0 Å². The SMILES string of the molecule is CNCc1cn(Cc2ccc(OC)c(F)c2)cn1. The van der Waals surface area contributed by atoms with Crippen LogP contribution < -0.4 is 10.1 Å². The van der Waals surface area contributed by atoms with E-state index in [1.54, 1.807) is 12.4 Å². The number of methoxy groups -OCH3 is 1. The lowest BCUT2D eigenvalue weighted by Crippen LogP contribution is -2.05. The van der Waals surface area contributed by atoms with E-state index in [0.29, 0.717) is 6.54 Å². The van der Waals surface area contributed by atoms with Gasteiger partial charge in [0.05, 0.1) is 19.1 Å². The third kappa shape index (κ3) is 2.87. The van der Waals surface area contributed by atoms with E-state index in [0.717, 1.165) is 17.8 Å². The summed E-state index contributed by atoms with van der Waals surface area (Å²) in [6.45, 7) is 1.32. The first-order valence-corrected chi connectivity index (χ1v) is 5.70. The van der Waals surface area contributed by atoms with Crippen molar-refractivity contribution in [1.29, 1.82) is 0 Å². The zero-order valence-electron chi connectivity index (χ0n) is 10.5. The molecule has 1 heterocycles. The Hall–Kier alpha value is -1.88. The minimum Gasteiger partial charge on any atom is -0.494 e. The predicted molar refractivity (Wildman–Crippen MR) is 67.0 cm³/mol. The maximum absolute atomic E-state index is 13.5. The van der Waals surface area contributed by atoms with E-state index < -0.39 is 0 Å². The van der Waals surface area contributed by atoms with E-state index in [9.17, 15) is 4.39 Å². The monoisotopic (exact) mass is 249 g/mol. The molecule has 96 valence electrons. The second-order valence-corrected chi connectivity index (χ2v) is 4.04. The summed E-state index contributed by atoms with van der Waals surface area (Å²) < 4.78 is 20.3. The number of hydrogen-bond acceptors (Lipinski definition) is 3. The summed E-state index contributed by atoms with van der Waals surface area (Å²) >= 11 is 0. The van der Waals surface area contributed by atoms with Crippen molar-refractivity contribution in [2.75, 3.05) is 14.2 Å². The molecule has 4 nitrogen and oxygen atoms in total. The van der Waals surface area contributed by atoms with Crippen LogP contribution in [0.3, 0.4) is 0 Å². The van der Waals surface area contributed by atoms with E-state index in [-0.39, 0.29) is 11.6 Å². The Kier molecular flexibility index (Phi) is 3.94. The van der Waals surface area contributed by atoms with Gasteiger partial charge >= 0.3 is 0 Å². The highest BCUT2D eigenvalue weighted by Crippen LogP contribution is 2.18. The van der Waals surface area contributed by atoms with Crippen molar-refractivity contribution < 1.29 is 9.13 Å². The van der Waals surface area contributed by atoms with Crippen LogP contribution in [0.25, 0.3) is 0 Å². The van der Waals surface area contributed by atoms with Gasteiger partial charge in [0, 0.05) is 19.3 Å². The van der Waals surface area contributed by atoms with Crippen LogP contribution in [0.5, 0.6) is 5.75 Å². The molecule has 0 saturated carbocycles. The van der Waals surface area contributed by atoms with Gasteiger partial charge in [0.25, 0.3) is 0 Å². The number of nitrogens with one attached hydrogen (secondary N) is 1. The first kappa shape index (κ1) is 12.6. The Labute approximate surface area is 105 Å². The van der Waals surface area contributed by atoms with Gasteiger partial charge in [-0.1, -0.05) is 6.07 Å². The lowest BCUT2D eigenvalue weighted by molar-refractivity contribution is 0.386. The second kappa shape index (κ2) is 5.64. The number of imidazole rings is 1. The average Bonchev–Trinajstić information content (AvgIpc) is 2.77. The molecule has 2 aromatic rings. The number of ether oxygens (including phenoxy) is 1. The molecule has 0 aliphatic heterocycles. The van der Waals surface area contributed by atoms with Gasteiger partial charge in [0.1, 0.15) is 0 Å². The summed E-state index contributed by atoms with van der Waals surface area (Å²) in [5, 5.41) is 3.03. The Bertz CT molecular complexity index is 525. The maximum Gasteiger partial charge on any atom is 0.165 e. The number of halogens is 1. The fourth-order valence-corrected chi connectivity index (χ4v) is 1.78. The van der Waals surface area contributed by atoms with Crippen LogP contribution in [0.4, 0.5) is 4.39 Å². The van der Waals surface area contributed by atoms with Crippen molar-refractivity contribution in [3.63, 3.8) is 0 Å². The highest BCUT2D eigenvalue weighted by Gasteiger charge is 2.04. The topological polar surface area (TPSA) is 39.1 Å². The molecule has 0 spiro atoms. The summed E-state index contributed by atoms with van der Waals surface area (Å²) in [7, 11) is 3.33. The third-order valence-corrected chi connectivity index (χ3v) is 2.63. The van der Waals surface area contributed by atoms with Gasteiger partial charge in [-0.05, 0) is 24.7 Å². The van der Waals surface area contributed by atoms with Crippen LogP contribution in [-0.4, -0.2) is 23.7 Å². The van der Waals surface area contributed by atoms with Crippen LogP contribution in [0, 0.1) is 5.82 Å². The molecule has 0 atom stereocenters. The highest BCUT2D eigenvalue weighted by molar-refractivity contribution is 5.29. The summed E-state index contributed by atoms with van der Waals surface area (Å²) in [5.41, 5.74) is 1.84. The first-order valence-electron chi connectivity index (χ1n) is 5.70. The van der Waals surface area contributed by atoms with Gasteiger partial charge in [0.15, 0.2) is 11.6 Å². The molecule has 0 fully saturated rings. The zero-order chi connectivity index (χ0) is 13.0. The van der Waals surface area contributed by atoms with Crippen LogP contribution in [0.2, 0.25) is 0 Å². The van der Waals surface area contributed by atoms with E-state index in [1.165, 1.54) is 13.2 Å². The summed E-state index contributed by atoms with van der Waals surface area (Å²) in [5.74, 6) is -0.0779. The quantitative estimate of drug-likeness (QED) is 0.878. The van der Waals surface area contributed by atoms with Gasteiger partial charge in [-0.2, -0.15) is 0 Å². The average molecular weight is 249 g/mol. The number of nitrogens with zero attached hydrogens (tertiary/aromatic N) is 2. The fraction of sp³-hybridized carbons (Fsp3) is 0.308. The molecule has 1 aromatic heterocycles. The summed E-state index contributed by atoms with van der Waals surface area (Å²) in [4.78, 5) is 4.24. The molecular formula is C13H16FN3O. The lowest BCUT2D eigenvalue weighted by atomic mass is 10.2. The van der Waals surface area contributed by atoms with E-state index in [4.69, 9.17) is 4.74 Å². The molecule has 1 aromatic carbocycles. The zero-order valence-corrected chi connectivity index (χ0v) is 10.5. The van der Waals surface area contributed by atoms with E-state index >= 15 is 0 Å². The Morgan fingerprint density at radius 1 is 1.44 bits per heavy atom. The smallest absolute Gasteiger partial charge is 0.165 e. The number of aromatic nitrogens is 2. The molecule has 0 bridgehead atoms. The highest BCUT2D eigenvalue weighted by atomic mass is 19.1. The molecule has 18 heavy (non-hydrogen) atoms. The van der Waals surface area contributed by atoms with Crippen molar-refractivity contribution in [3.05, 3.63) is 47.8 Å². The molecule has 1 N–H and O–H groups in total. The molecule has 0 unspecified atom stereocenters. The van der Waals surface area contributed by atoms with Gasteiger partial charge in [-0.25, -0.2) is 9.37 Å². The number of benzene rings is 1. The predicted octanol–water partition coefficient (Wildman–Crippen LogP) is 1.80. The van der Waals surface area contributed by atoms with E-state index in [1.807, 2.05) is 23.9 Å². The molecule has 0 amide bonds. The minimum atomic E-state index is -0.342. The van der Waals surface area contributed by atoms with Crippen LogP contribution in [0.1, 0.15) is 11.3 Å². The molecule has 0 saturated heterocycles. The second-order valence-electron chi connectivity index (χ2n) is 4.04. The number of rotatable bonds is 5. The number of hydrogen-bond donors (Lipinski definition) is 1. The van der Waals surface area contributed by atoms with E-state index in [2.05, 4.69) is 10.3 Å². The first-order chi connectivity index (χ1) is 8.72. The minimum absolute atomic E-state index is 0.264. The van der Waals surface area contributed by atoms with Gasteiger partial charge in [-0.3, -0.25) is 0 Å². The summed E-state index contributed by atoms with van der Waals surface area (Å²) in [6, 6.07) is 4.96. The van der Waals surface area contributed by atoms with Gasteiger partial charge < -0.3 is 14.6 Å². The van der Waals surface area contributed by atoms with Gasteiger partial charge in [-0.15, -0.1) is 0 Å². The maximum atomic E-state index is 13.5. The Morgan fingerprint density at radius 2 is 2.28 bits per heavy atom. The molecule has 0 radical (unpaired) electrons. The summed E-state index contributed by atoms with van der Waals surface area (Å²) in [6.07, 6.45) is 3.69. The molecule has 0 aliphatic carbocycles. The Morgan fingerprint density at radius 3 is 2.94 bits per heavy atom. The molecule has 2 rings (SSSR count). The lowest BCUT2D eigenvalue weighted by Gasteiger charge is -2.05. The van der Waals surface area contributed by atoms with Crippen LogP contribution in [0.15, 0.2) is 30.7 Å². The van der Waals surface area contributed by atoms with Crippen molar-refractivity contribution >= 4 is 0 Å². The Balaban J connectivity index is 2.10. The normalized spacial score (nSPS) is 10.6. The standard InChI is InChI=1S/C13H16FN3O/c1-15-6-11-8-17(9-16-11)7-10-3-4-13(18-2)12(14)5-10/h3-5,8-9,15H,6-7H2,1-2H3. The fourth-order valence-electron chi connectivity index (χ4n) is 1.78. The molecule has 5 heteroatoms. The van der Waals surface area contributed by atoms with Crippen LogP contribution >= 0.6 is 0 Å². The van der Waals surface area contributed by atoms with Gasteiger partial charge in [0.2, 0.25) is 0 Å².